The molecule has 82 valence electrons. The van der Waals surface area contributed by atoms with Crippen molar-refractivity contribution in [1.29, 1.82) is 0 Å². The normalized spacial score (nSPS) is 19.6. The molecular formula is C17H14. The van der Waals surface area contributed by atoms with E-state index in [-0.39, 0.29) is 0 Å². The second-order valence-electron chi connectivity index (χ2n) is 4.98. The summed E-state index contributed by atoms with van der Waals surface area (Å²) >= 11 is 0. The zero-order chi connectivity index (χ0) is 11.2. The summed E-state index contributed by atoms with van der Waals surface area (Å²) in [6, 6.07) is 15.6. The number of hydrogen-bond acceptors (Lipinski definition) is 0. The quantitative estimate of drug-likeness (QED) is 0.584. The van der Waals surface area contributed by atoms with E-state index in [1.807, 2.05) is 0 Å². The zero-order valence-corrected chi connectivity index (χ0v) is 9.69. The van der Waals surface area contributed by atoms with Crippen LogP contribution >= 0.6 is 0 Å². The first-order valence-electron chi connectivity index (χ1n) is 6.30. The first-order chi connectivity index (χ1) is 8.43. The Balaban J connectivity index is 2.07. The van der Waals surface area contributed by atoms with E-state index in [0.717, 1.165) is 12.8 Å². The molecule has 0 saturated carbocycles. The van der Waals surface area contributed by atoms with E-state index in [1.165, 1.54) is 22.3 Å². The molecule has 0 fully saturated rings. The smallest absolute Gasteiger partial charge is 0.00677 e. The van der Waals surface area contributed by atoms with Gasteiger partial charge in [0.2, 0.25) is 0 Å². The summed E-state index contributed by atoms with van der Waals surface area (Å²) in [6.07, 6.45) is 6.98. The van der Waals surface area contributed by atoms with Crippen LogP contribution < -0.4 is 0 Å². The lowest BCUT2D eigenvalue weighted by atomic mass is 9.74. The average molecular weight is 218 g/mol. The van der Waals surface area contributed by atoms with Crippen molar-refractivity contribution in [3.05, 3.63) is 71.3 Å². The third kappa shape index (κ3) is 1.24. The first-order valence-corrected chi connectivity index (χ1v) is 6.30. The number of rotatable bonds is 0. The third-order valence-electron chi connectivity index (χ3n) is 4.02. The zero-order valence-electron chi connectivity index (χ0n) is 9.69. The highest BCUT2D eigenvalue weighted by molar-refractivity contribution is 5.76. The standard InChI is InChI=1S/C17H14/c1-2-9-15-13(5-1)11-14-8-3-6-12-7-4-10-16(15)17(12)14/h1-5,7-10,14H,6,11H2. The molecule has 0 heteroatoms. The molecule has 0 aliphatic heterocycles. The first kappa shape index (κ1) is 9.23. The molecule has 0 spiro atoms. The summed E-state index contributed by atoms with van der Waals surface area (Å²) in [7, 11) is 0. The Morgan fingerprint density at radius 2 is 1.65 bits per heavy atom. The van der Waals surface area contributed by atoms with Gasteiger partial charge in [-0.05, 0) is 40.7 Å². The Morgan fingerprint density at radius 1 is 0.824 bits per heavy atom. The SMILES string of the molecule is C1=CC2Cc3ccccc3-c3cccc(c32)C1. The number of hydrogen-bond donors (Lipinski definition) is 0. The van der Waals surface area contributed by atoms with Crippen molar-refractivity contribution < 1.29 is 0 Å². The van der Waals surface area contributed by atoms with Crippen molar-refractivity contribution >= 4 is 0 Å². The van der Waals surface area contributed by atoms with Crippen molar-refractivity contribution in [1.82, 2.24) is 0 Å². The fourth-order valence-electron chi connectivity index (χ4n) is 3.29. The fourth-order valence-corrected chi connectivity index (χ4v) is 3.29. The Labute approximate surface area is 102 Å². The minimum atomic E-state index is 0.602. The van der Waals surface area contributed by atoms with Crippen LogP contribution in [0, 0.1) is 0 Å². The Kier molecular flexibility index (Phi) is 1.81. The predicted octanol–water partition coefficient (Wildman–Crippen LogP) is 4.11. The van der Waals surface area contributed by atoms with Crippen LogP contribution in [0.15, 0.2) is 54.6 Å². The van der Waals surface area contributed by atoms with Gasteiger partial charge in [-0.25, -0.2) is 0 Å². The second kappa shape index (κ2) is 3.33. The van der Waals surface area contributed by atoms with Gasteiger partial charge in [0.15, 0.2) is 0 Å². The molecule has 0 saturated heterocycles. The molecule has 2 aromatic carbocycles. The van der Waals surface area contributed by atoms with Gasteiger partial charge < -0.3 is 0 Å². The van der Waals surface area contributed by atoms with Gasteiger partial charge in [0.05, 0.1) is 0 Å². The van der Waals surface area contributed by atoms with Gasteiger partial charge in [-0.1, -0.05) is 54.6 Å². The van der Waals surface area contributed by atoms with Gasteiger partial charge in [-0.2, -0.15) is 0 Å². The predicted molar refractivity (Wildman–Crippen MR) is 71.2 cm³/mol. The summed E-state index contributed by atoms with van der Waals surface area (Å²) in [5, 5.41) is 0. The van der Waals surface area contributed by atoms with Gasteiger partial charge in [-0.3, -0.25) is 0 Å². The van der Waals surface area contributed by atoms with Crippen molar-refractivity contribution in [3.63, 3.8) is 0 Å². The van der Waals surface area contributed by atoms with E-state index < -0.39 is 0 Å². The summed E-state index contributed by atoms with van der Waals surface area (Å²) in [5.41, 5.74) is 7.49. The lowest BCUT2D eigenvalue weighted by Crippen LogP contribution is -2.14. The number of allylic oxidation sites excluding steroid dienone is 2. The molecule has 1 atom stereocenters. The van der Waals surface area contributed by atoms with Gasteiger partial charge in [-0.15, -0.1) is 0 Å². The Hall–Kier alpha value is -1.82. The molecule has 0 heterocycles. The molecule has 2 aliphatic rings. The summed E-state index contributed by atoms with van der Waals surface area (Å²) < 4.78 is 0. The molecule has 1 unspecified atom stereocenters. The highest BCUT2D eigenvalue weighted by Crippen LogP contribution is 2.43. The molecule has 2 aliphatic carbocycles. The lowest BCUT2D eigenvalue weighted by Gasteiger charge is -2.30. The van der Waals surface area contributed by atoms with E-state index in [9.17, 15) is 0 Å². The topological polar surface area (TPSA) is 0 Å². The molecule has 2 aromatic rings. The lowest BCUT2D eigenvalue weighted by molar-refractivity contribution is 0.792. The van der Waals surface area contributed by atoms with Gasteiger partial charge in [0.25, 0.3) is 0 Å². The van der Waals surface area contributed by atoms with Crippen LogP contribution in [0.25, 0.3) is 11.1 Å². The molecule has 0 bridgehead atoms. The molecule has 0 radical (unpaired) electrons. The number of benzene rings is 2. The van der Waals surface area contributed by atoms with E-state index >= 15 is 0 Å². The molecule has 4 rings (SSSR count). The van der Waals surface area contributed by atoms with Gasteiger partial charge >= 0.3 is 0 Å². The molecule has 0 nitrogen and oxygen atoms in total. The van der Waals surface area contributed by atoms with Crippen LogP contribution in [-0.4, -0.2) is 0 Å². The maximum absolute atomic E-state index is 2.39. The maximum Gasteiger partial charge on any atom is 0.00677 e. The van der Waals surface area contributed by atoms with Crippen LogP contribution in [0.3, 0.4) is 0 Å². The van der Waals surface area contributed by atoms with E-state index in [4.69, 9.17) is 0 Å². The average Bonchev–Trinajstić information content (AvgIpc) is 2.39. The largest absolute Gasteiger partial charge is 0.0835 e. The van der Waals surface area contributed by atoms with Crippen molar-refractivity contribution in [2.45, 2.75) is 18.8 Å². The van der Waals surface area contributed by atoms with Crippen LogP contribution in [0.2, 0.25) is 0 Å². The van der Waals surface area contributed by atoms with Crippen LogP contribution in [-0.2, 0) is 12.8 Å². The molecule has 0 N–H and O–H groups in total. The molecule has 0 aromatic heterocycles. The van der Waals surface area contributed by atoms with E-state index in [2.05, 4.69) is 54.6 Å². The summed E-state index contributed by atoms with van der Waals surface area (Å²) in [4.78, 5) is 0. The maximum atomic E-state index is 2.39. The number of fused-ring (bicyclic) bond motifs is 2. The van der Waals surface area contributed by atoms with Crippen LogP contribution in [0.5, 0.6) is 0 Å². The van der Waals surface area contributed by atoms with Crippen molar-refractivity contribution in [2.75, 3.05) is 0 Å². The highest BCUT2D eigenvalue weighted by Gasteiger charge is 2.26. The summed E-state index contributed by atoms with van der Waals surface area (Å²) in [5.74, 6) is 0.602. The van der Waals surface area contributed by atoms with Gasteiger partial charge in [0.1, 0.15) is 0 Å². The highest BCUT2D eigenvalue weighted by atomic mass is 14.3. The Bertz CT molecular complexity index is 620. The summed E-state index contributed by atoms with van der Waals surface area (Å²) in [6.45, 7) is 0. The second-order valence-corrected chi connectivity index (χ2v) is 4.98. The van der Waals surface area contributed by atoms with E-state index in [0.29, 0.717) is 5.92 Å². The van der Waals surface area contributed by atoms with Crippen LogP contribution in [0.1, 0.15) is 22.6 Å². The van der Waals surface area contributed by atoms with Gasteiger partial charge in [0, 0.05) is 5.92 Å². The molecular weight excluding hydrogens is 204 g/mol. The van der Waals surface area contributed by atoms with Crippen LogP contribution in [0.4, 0.5) is 0 Å². The monoisotopic (exact) mass is 218 g/mol. The molecule has 17 heavy (non-hydrogen) atoms. The minimum Gasteiger partial charge on any atom is -0.0835 e. The third-order valence-corrected chi connectivity index (χ3v) is 4.02. The fraction of sp³-hybridized carbons (Fsp3) is 0.176. The van der Waals surface area contributed by atoms with Crippen molar-refractivity contribution in [2.24, 2.45) is 0 Å². The van der Waals surface area contributed by atoms with Crippen molar-refractivity contribution in [3.8, 4) is 11.1 Å². The van der Waals surface area contributed by atoms with E-state index in [1.54, 1.807) is 5.56 Å². The minimum absolute atomic E-state index is 0.602. The molecule has 0 amide bonds. The Morgan fingerprint density at radius 3 is 2.65 bits per heavy atom.